The van der Waals surface area contributed by atoms with Gasteiger partial charge in [0.05, 0.1) is 12.3 Å². The van der Waals surface area contributed by atoms with Crippen LogP contribution in [0.15, 0.2) is 12.1 Å². The quantitative estimate of drug-likeness (QED) is 0.686. The van der Waals surface area contributed by atoms with Crippen molar-refractivity contribution < 1.29 is 4.74 Å². The van der Waals surface area contributed by atoms with Crippen LogP contribution in [0.2, 0.25) is 0 Å². The highest BCUT2D eigenvalue weighted by atomic mass is 16.5. The van der Waals surface area contributed by atoms with Gasteiger partial charge in [-0.15, -0.1) is 5.10 Å². The van der Waals surface area contributed by atoms with Crippen LogP contribution in [0.3, 0.4) is 0 Å². The maximum Gasteiger partial charge on any atom is 0.233 e. The molecule has 16 heavy (non-hydrogen) atoms. The average Bonchev–Trinajstić information content (AvgIpc) is 2.31. The minimum absolute atomic E-state index is 0.622. The van der Waals surface area contributed by atoms with Crippen molar-refractivity contribution in [2.75, 3.05) is 13.7 Å². The molecule has 0 spiro atoms. The van der Waals surface area contributed by atoms with Gasteiger partial charge in [-0.2, -0.15) is 5.10 Å². The van der Waals surface area contributed by atoms with E-state index in [0.29, 0.717) is 5.88 Å². The van der Waals surface area contributed by atoms with Crippen molar-refractivity contribution in [3.8, 4) is 5.88 Å². The van der Waals surface area contributed by atoms with Gasteiger partial charge in [0.2, 0.25) is 5.88 Å². The summed E-state index contributed by atoms with van der Waals surface area (Å²) in [4.78, 5) is 0. The Morgan fingerprint density at radius 1 is 1.19 bits per heavy atom. The third-order valence-corrected chi connectivity index (χ3v) is 2.30. The molecule has 1 heterocycles. The molecule has 0 aliphatic heterocycles. The van der Waals surface area contributed by atoms with Crippen LogP contribution in [-0.4, -0.2) is 23.9 Å². The SMILES string of the molecule is CCCCCCOc1ccc(CNC)nn1. The lowest BCUT2D eigenvalue weighted by Gasteiger charge is -2.04. The van der Waals surface area contributed by atoms with Gasteiger partial charge in [-0.25, -0.2) is 0 Å². The Labute approximate surface area is 97.4 Å². The van der Waals surface area contributed by atoms with Gasteiger partial charge in [-0.05, 0) is 19.5 Å². The fraction of sp³-hybridized carbons (Fsp3) is 0.667. The summed E-state index contributed by atoms with van der Waals surface area (Å²) in [6, 6.07) is 3.81. The van der Waals surface area contributed by atoms with Crippen molar-refractivity contribution in [3.63, 3.8) is 0 Å². The molecule has 1 N–H and O–H groups in total. The first kappa shape index (κ1) is 12.9. The van der Waals surface area contributed by atoms with Gasteiger partial charge >= 0.3 is 0 Å². The smallest absolute Gasteiger partial charge is 0.233 e. The lowest BCUT2D eigenvalue weighted by atomic mass is 10.2. The molecule has 4 heteroatoms. The third-order valence-electron chi connectivity index (χ3n) is 2.30. The van der Waals surface area contributed by atoms with E-state index in [4.69, 9.17) is 4.74 Å². The number of aromatic nitrogens is 2. The van der Waals surface area contributed by atoms with Gasteiger partial charge < -0.3 is 10.1 Å². The molecule has 0 aliphatic rings. The van der Waals surface area contributed by atoms with Crippen LogP contribution in [0, 0.1) is 0 Å². The number of rotatable bonds is 8. The Hall–Kier alpha value is -1.16. The molecule has 0 radical (unpaired) electrons. The molecule has 90 valence electrons. The van der Waals surface area contributed by atoms with Crippen LogP contribution < -0.4 is 10.1 Å². The molecule has 0 aliphatic carbocycles. The third kappa shape index (κ3) is 5.07. The Balaban J connectivity index is 2.21. The monoisotopic (exact) mass is 223 g/mol. The lowest BCUT2D eigenvalue weighted by Crippen LogP contribution is -2.08. The van der Waals surface area contributed by atoms with Crippen molar-refractivity contribution in [3.05, 3.63) is 17.8 Å². The highest BCUT2D eigenvalue weighted by molar-refractivity contribution is 5.11. The number of nitrogens with one attached hydrogen (secondary N) is 1. The zero-order chi connectivity index (χ0) is 11.6. The Morgan fingerprint density at radius 2 is 2.06 bits per heavy atom. The van der Waals surface area contributed by atoms with Crippen LogP contribution in [0.1, 0.15) is 38.3 Å². The van der Waals surface area contributed by atoms with E-state index in [0.717, 1.165) is 25.3 Å². The van der Waals surface area contributed by atoms with Gasteiger partial charge in [0, 0.05) is 12.6 Å². The zero-order valence-electron chi connectivity index (χ0n) is 10.2. The minimum atomic E-state index is 0.622. The maximum atomic E-state index is 5.49. The van der Waals surface area contributed by atoms with E-state index >= 15 is 0 Å². The lowest BCUT2D eigenvalue weighted by molar-refractivity contribution is 0.290. The van der Waals surface area contributed by atoms with Crippen LogP contribution in [-0.2, 0) is 6.54 Å². The predicted octanol–water partition coefficient (Wildman–Crippen LogP) is 2.16. The van der Waals surface area contributed by atoms with Crippen molar-refractivity contribution >= 4 is 0 Å². The summed E-state index contributed by atoms with van der Waals surface area (Å²) in [5.74, 6) is 0.622. The summed E-state index contributed by atoms with van der Waals surface area (Å²) >= 11 is 0. The topological polar surface area (TPSA) is 47.0 Å². The van der Waals surface area contributed by atoms with E-state index in [1.165, 1.54) is 19.3 Å². The zero-order valence-corrected chi connectivity index (χ0v) is 10.2. The highest BCUT2D eigenvalue weighted by Gasteiger charge is 1.97. The predicted molar refractivity (Wildman–Crippen MR) is 64.4 cm³/mol. The molecular weight excluding hydrogens is 202 g/mol. The summed E-state index contributed by atoms with van der Waals surface area (Å²) in [5.41, 5.74) is 0.931. The van der Waals surface area contributed by atoms with Gasteiger partial charge in [-0.1, -0.05) is 26.2 Å². The molecule has 0 unspecified atom stereocenters. The molecule has 1 rings (SSSR count). The van der Waals surface area contributed by atoms with Crippen LogP contribution in [0.25, 0.3) is 0 Å². The summed E-state index contributed by atoms with van der Waals surface area (Å²) < 4.78 is 5.49. The molecule has 4 nitrogen and oxygen atoms in total. The van der Waals surface area contributed by atoms with Gasteiger partial charge in [0.15, 0.2) is 0 Å². The van der Waals surface area contributed by atoms with Crippen molar-refractivity contribution in [1.29, 1.82) is 0 Å². The van der Waals surface area contributed by atoms with Crippen LogP contribution in [0.4, 0.5) is 0 Å². The van der Waals surface area contributed by atoms with E-state index in [9.17, 15) is 0 Å². The van der Waals surface area contributed by atoms with Crippen molar-refractivity contribution in [1.82, 2.24) is 15.5 Å². The molecule has 0 aromatic carbocycles. The minimum Gasteiger partial charge on any atom is -0.477 e. The highest BCUT2D eigenvalue weighted by Crippen LogP contribution is 2.06. The van der Waals surface area contributed by atoms with Gasteiger partial charge in [0.25, 0.3) is 0 Å². The average molecular weight is 223 g/mol. The summed E-state index contributed by atoms with van der Waals surface area (Å²) in [6.45, 7) is 3.68. The molecular formula is C12H21N3O. The molecule has 0 saturated carbocycles. The second-order valence-corrected chi connectivity index (χ2v) is 3.80. The maximum absolute atomic E-state index is 5.49. The van der Waals surface area contributed by atoms with Crippen molar-refractivity contribution in [2.45, 2.75) is 39.2 Å². The number of hydrogen-bond donors (Lipinski definition) is 1. The fourth-order valence-corrected chi connectivity index (χ4v) is 1.41. The standard InChI is InChI=1S/C12H21N3O/c1-3-4-5-6-9-16-12-8-7-11(10-13-2)14-15-12/h7-8,13H,3-6,9-10H2,1-2H3. The second kappa shape index (κ2) is 8.05. The first-order chi connectivity index (χ1) is 7.86. The normalized spacial score (nSPS) is 10.4. The van der Waals surface area contributed by atoms with E-state index in [2.05, 4.69) is 22.4 Å². The molecule has 1 aromatic heterocycles. The van der Waals surface area contributed by atoms with Crippen LogP contribution >= 0.6 is 0 Å². The van der Waals surface area contributed by atoms with Gasteiger partial charge in [0.1, 0.15) is 0 Å². The number of nitrogens with zero attached hydrogens (tertiary/aromatic N) is 2. The Kier molecular flexibility index (Phi) is 6.49. The second-order valence-electron chi connectivity index (χ2n) is 3.80. The molecule has 0 amide bonds. The molecule has 0 saturated heterocycles. The molecule has 0 bridgehead atoms. The summed E-state index contributed by atoms with van der Waals surface area (Å²) in [5, 5.41) is 11.1. The fourth-order valence-electron chi connectivity index (χ4n) is 1.41. The van der Waals surface area contributed by atoms with Crippen molar-refractivity contribution in [2.24, 2.45) is 0 Å². The molecule has 0 atom stereocenters. The van der Waals surface area contributed by atoms with E-state index in [1.54, 1.807) is 0 Å². The number of ether oxygens (including phenoxy) is 1. The molecule has 1 aromatic rings. The summed E-state index contributed by atoms with van der Waals surface area (Å²) in [7, 11) is 1.89. The van der Waals surface area contributed by atoms with E-state index in [-0.39, 0.29) is 0 Å². The Bertz CT molecular complexity index is 274. The van der Waals surface area contributed by atoms with Gasteiger partial charge in [-0.3, -0.25) is 0 Å². The van der Waals surface area contributed by atoms with E-state index < -0.39 is 0 Å². The largest absolute Gasteiger partial charge is 0.477 e. The first-order valence-electron chi connectivity index (χ1n) is 5.96. The number of unbranched alkanes of at least 4 members (excludes halogenated alkanes) is 3. The summed E-state index contributed by atoms with van der Waals surface area (Å²) in [6.07, 6.45) is 4.84. The molecule has 0 fully saturated rings. The van der Waals surface area contributed by atoms with E-state index in [1.807, 2.05) is 19.2 Å². The number of hydrogen-bond acceptors (Lipinski definition) is 4. The van der Waals surface area contributed by atoms with Crippen LogP contribution in [0.5, 0.6) is 5.88 Å². The first-order valence-corrected chi connectivity index (χ1v) is 5.96. The Morgan fingerprint density at radius 3 is 2.69 bits per heavy atom.